The predicted octanol–water partition coefficient (Wildman–Crippen LogP) is 3.83. The first-order valence-corrected chi connectivity index (χ1v) is 7.29. The summed E-state index contributed by atoms with van der Waals surface area (Å²) in [4.78, 5) is 4.44. The van der Waals surface area contributed by atoms with Crippen LogP contribution in [0, 0.1) is 12.7 Å². The smallest absolute Gasteiger partial charge is 0.124 e. The van der Waals surface area contributed by atoms with Crippen LogP contribution in [0.5, 0.6) is 0 Å². The Morgan fingerprint density at radius 1 is 1.33 bits per heavy atom. The largest absolute Gasteiger partial charge is 0.384 e. The molecule has 0 atom stereocenters. The van der Waals surface area contributed by atoms with Crippen molar-refractivity contribution >= 4 is 16.6 Å². The average molecular weight is 286 g/mol. The van der Waals surface area contributed by atoms with Gasteiger partial charge < -0.3 is 10.1 Å². The van der Waals surface area contributed by atoms with Crippen LogP contribution in [0.4, 0.5) is 10.1 Å². The van der Waals surface area contributed by atoms with Gasteiger partial charge in [-0.15, -0.1) is 0 Å². The van der Waals surface area contributed by atoms with Crippen LogP contribution in [0.2, 0.25) is 0 Å². The highest BCUT2D eigenvalue weighted by molar-refractivity contribution is 5.91. The first-order valence-electron chi connectivity index (χ1n) is 7.29. The molecule has 21 heavy (non-hydrogen) atoms. The minimum Gasteiger partial charge on any atom is -0.384 e. The van der Waals surface area contributed by atoms with Crippen LogP contribution in [-0.2, 0) is 4.74 Å². The number of nitrogens with one attached hydrogen (secondary N) is 1. The van der Waals surface area contributed by atoms with Crippen LogP contribution < -0.4 is 5.32 Å². The molecule has 0 radical (unpaired) electrons. The Morgan fingerprint density at radius 3 is 3.05 bits per heavy atom. The summed E-state index contributed by atoms with van der Waals surface area (Å²) in [5.41, 5.74) is 4.13. The molecule has 0 amide bonds. The second-order valence-electron chi connectivity index (χ2n) is 5.34. The molecule has 0 aliphatic carbocycles. The topological polar surface area (TPSA) is 34.1 Å². The van der Waals surface area contributed by atoms with E-state index in [0.717, 1.165) is 54.9 Å². The van der Waals surface area contributed by atoms with E-state index in [1.165, 1.54) is 17.7 Å². The van der Waals surface area contributed by atoms with Crippen molar-refractivity contribution in [2.45, 2.75) is 19.8 Å². The van der Waals surface area contributed by atoms with Crippen molar-refractivity contribution in [1.82, 2.24) is 4.98 Å². The fourth-order valence-electron chi connectivity index (χ4n) is 2.63. The highest BCUT2D eigenvalue weighted by Gasteiger charge is 2.07. The van der Waals surface area contributed by atoms with Gasteiger partial charge in [-0.2, -0.15) is 0 Å². The Bertz CT molecular complexity index is 682. The molecular formula is C17H19FN2O. The number of aryl methyl sites for hydroxylation is 1. The summed E-state index contributed by atoms with van der Waals surface area (Å²) in [6.07, 6.45) is 4.15. The van der Waals surface area contributed by atoms with Crippen molar-refractivity contribution in [3.05, 3.63) is 47.4 Å². The van der Waals surface area contributed by atoms with Gasteiger partial charge in [-0.1, -0.05) is 11.6 Å². The third-order valence-corrected chi connectivity index (χ3v) is 3.72. The van der Waals surface area contributed by atoms with Crippen LogP contribution in [0.15, 0.2) is 35.9 Å². The number of benzene rings is 1. The second-order valence-corrected chi connectivity index (χ2v) is 5.34. The summed E-state index contributed by atoms with van der Waals surface area (Å²) in [6, 6.07) is 6.69. The zero-order chi connectivity index (χ0) is 14.7. The van der Waals surface area contributed by atoms with Gasteiger partial charge in [0, 0.05) is 23.3 Å². The zero-order valence-electron chi connectivity index (χ0n) is 12.2. The minimum atomic E-state index is -0.233. The third-order valence-electron chi connectivity index (χ3n) is 3.72. The van der Waals surface area contributed by atoms with Crippen LogP contribution in [-0.4, -0.2) is 24.7 Å². The van der Waals surface area contributed by atoms with E-state index in [2.05, 4.69) is 16.4 Å². The Balaban J connectivity index is 1.76. The summed E-state index contributed by atoms with van der Waals surface area (Å²) in [5.74, 6) is -0.233. The second kappa shape index (κ2) is 6.22. The van der Waals surface area contributed by atoms with E-state index in [1.54, 1.807) is 6.07 Å². The van der Waals surface area contributed by atoms with E-state index >= 15 is 0 Å². The molecule has 0 unspecified atom stereocenters. The number of fused-ring (bicyclic) bond motifs is 1. The summed E-state index contributed by atoms with van der Waals surface area (Å²) in [6.45, 7) is 4.32. The predicted molar refractivity (Wildman–Crippen MR) is 83.1 cm³/mol. The lowest BCUT2D eigenvalue weighted by Crippen LogP contribution is -2.09. The van der Waals surface area contributed by atoms with Crippen molar-refractivity contribution in [1.29, 1.82) is 0 Å². The van der Waals surface area contributed by atoms with Gasteiger partial charge in [0.2, 0.25) is 0 Å². The number of halogens is 1. The van der Waals surface area contributed by atoms with Crippen LogP contribution >= 0.6 is 0 Å². The molecule has 0 bridgehead atoms. The lowest BCUT2D eigenvalue weighted by atomic mass is 10.1. The third kappa shape index (κ3) is 3.39. The number of hydrogen-bond donors (Lipinski definition) is 1. The minimum absolute atomic E-state index is 0.233. The molecule has 4 heteroatoms. The Morgan fingerprint density at radius 2 is 2.24 bits per heavy atom. The normalized spacial score (nSPS) is 15.0. The summed E-state index contributed by atoms with van der Waals surface area (Å²) >= 11 is 0. The number of aromatic nitrogens is 1. The SMILES string of the molecule is Cc1cc(NCCC2=CCOCC2)c2cc(F)ccc2n1. The van der Waals surface area contributed by atoms with Gasteiger partial charge in [-0.3, -0.25) is 4.98 Å². The van der Waals surface area contributed by atoms with Crippen LogP contribution in [0.1, 0.15) is 18.5 Å². The molecule has 1 N–H and O–H groups in total. The van der Waals surface area contributed by atoms with E-state index in [4.69, 9.17) is 4.74 Å². The van der Waals surface area contributed by atoms with Crippen molar-refractivity contribution in [3.63, 3.8) is 0 Å². The summed E-state index contributed by atoms with van der Waals surface area (Å²) in [7, 11) is 0. The highest BCUT2D eigenvalue weighted by Crippen LogP contribution is 2.24. The van der Waals surface area contributed by atoms with Crippen molar-refractivity contribution in [2.75, 3.05) is 25.1 Å². The summed E-state index contributed by atoms with van der Waals surface area (Å²) in [5, 5.41) is 4.25. The Hall–Kier alpha value is -1.94. The number of pyridine rings is 1. The monoisotopic (exact) mass is 286 g/mol. The molecule has 2 aromatic rings. The lowest BCUT2D eigenvalue weighted by molar-refractivity contribution is 0.153. The molecule has 1 aromatic heterocycles. The number of hydrogen-bond acceptors (Lipinski definition) is 3. The number of nitrogens with zero attached hydrogens (tertiary/aromatic N) is 1. The lowest BCUT2D eigenvalue weighted by Gasteiger charge is -2.15. The molecule has 2 heterocycles. The molecule has 0 spiro atoms. The Kier molecular flexibility index (Phi) is 4.15. The molecule has 3 rings (SSSR count). The van der Waals surface area contributed by atoms with E-state index in [1.807, 2.05) is 13.0 Å². The van der Waals surface area contributed by atoms with Crippen molar-refractivity contribution in [3.8, 4) is 0 Å². The standard InChI is InChI=1S/C17H19FN2O/c1-12-10-17(15-11-14(18)2-3-16(15)20-12)19-7-4-13-5-8-21-9-6-13/h2-3,5,10-11H,4,6-9H2,1H3,(H,19,20). The molecule has 1 aromatic carbocycles. The molecule has 3 nitrogen and oxygen atoms in total. The maximum absolute atomic E-state index is 13.5. The molecule has 0 fully saturated rings. The van der Waals surface area contributed by atoms with Crippen LogP contribution in [0.25, 0.3) is 10.9 Å². The molecule has 1 aliphatic rings. The van der Waals surface area contributed by atoms with Gasteiger partial charge in [0.25, 0.3) is 0 Å². The maximum atomic E-state index is 13.5. The first kappa shape index (κ1) is 14.0. The van der Waals surface area contributed by atoms with Crippen molar-refractivity contribution in [2.24, 2.45) is 0 Å². The maximum Gasteiger partial charge on any atom is 0.124 e. The quantitative estimate of drug-likeness (QED) is 0.867. The number of anilines is 1. The van der Waals surface area contributed by atoms with E-state index < -0.39 is 0 Å². The van der Waals surface area contributed by atoms with Crippen LogP contribution in [0.3, 0.4) is 0 Å². The van der Waals surface area contributed by atoms with Crippen molar-refractivity contribution < 1.29 is 9.13 Å². The zero-order valence-corrected chi connectivity index (χ0v) is 12.2. The Labute approximate surface area is 123 Å². The van der Waals surface area contributed by atoms with Gasteiger partial charge in [0.05, 0.1) is 18.7 Å². The molecular weight excluding hydrogens is 267 g/mol. The number of ether oxygens (including phenoxy) is 1. The molecule has 1 aliphatic heterocycles. The average Bonchev–Trinajstić information content (AvgIpc) is 2.49. The van der Waals surface area contributed by atoms with Gasteiger partial charge >= 0.3 is 0 Å². The molecule has 110 valence electrons. The van der Waals surface area contributed by atoms with E-state index in [-0.39, 0.29) is 5.82 Å². The fourth-order valence-corrected chi connectivity index (χ4v) is 2.63. The van der Waals surface area contributed by atoms with Gasteiger partial charge in [-0.05, 0) is 44.0 Å². The van der Waals surface area contributed by atoms with Gasteiger partial charge in [0.15, 0.2) is 0 Å². The number of rotatable bonds is 4. The highest BCUT2D eigenvalue weighted by atomic mass is 19.1. The fraction of sp³-hybridized carbons (Fsp3) is 0.353. The van der Waals surface area contributed by atoms with Gasteiger partial charge in [0.1, 0.15) is 5.82 Å². The summed E-state index contributed by atoms with van der Waals surface area (Å²) < 4.78 is 18.8. The molecule has 0 saturated carbocycles. The molecule has 0 saturated heterocycles. The van der Waals surface area contributed by atoms with E-state index in [0.29, 0.717) is 0 Å². The first-order chi connectivity index (χ1) is 10.2. The van der Waals surface area contributed by atoms with E-state index in [9.17, 15) is 4.39 Å². The van der Waals surface area contributed by atoms with Gasteiger partial charge in [-0.25, -0.2) is 4.39 Å².